The average Bonchev–Trinajstić information content (AvgIpc) is 2.50. The van der Waals surface area contributed by atoms with Gasteiger partial charge in [-0.25, -0.2) is 9.59 Å². The largest absolute Gasteiger partial charge is 0.478 e. The zero-order chi connectivity index (χ0) is 15.7. The highest BCUT2D eigenvalue weighted by Gasteiger charge is 2.16. The Balaban J connectivity index is 2.40. The zero-order valence-electron chi connectivity index (χ0n) is 11.9. The second-order valence-electron chi connectivity index (χ2n) is 3.96. The molecule has 0 heterocycles. The number of hydrogen-bond acceptors (Lipinski definition) is 6. The molecule has 0 aliphatic rings. The van der Waals surface area contributed by atoms with Crippen molar-refractivity contribution in [3.63, 3.8) is 0 Å². The number of methoxy groups -OCH3 is 2. The summed E-state index contributed by atoms with van der Waals surface area (Å²) in [5.41, 5.74) is -0.0843. The monoisotopic (exact) mass is 298 g/mol. The summed E-state index contributed by atoms with van der Waals surface area (Å²) >= 11 is 0. The first kappa shape index (κ1) is 17.1. The maximum absolute atomic E-state index is 11.8. The fraction of sp³-hybridized carbons (Fsp3) is 0.429. The molecular formula is C14H18O7. The highest BCUT2D eigenvalue weighted by atomic mass is 16.7. The van der Waals surface area contributed by atoms with Gasteiger partial charge in [0.1, 0.15) is 6.61 Å². The van der Waals surface area contributed by atoms with Crippen LogP contribution in [0.1, 0.15) is 20.7 Å². The van der Waals surface area contributed by atoms with E-state index in [1.807, 2.05) is 0 Å². The van der Waals surface area contributed by atoms with Crippen LogP contribution in [0.3, 0.4) is 0 Å². The van der Waals surface area contributed by atoms with Gasteiger partial charge >= 0.3 is 11.9 Å². The summed E-state index contributed by atoms with van der Waals surface area (Å²) in [6.07, 6.45) is -0.478. The second-order valence-corrected chi connectivity index (χ2v) is 3.96. The number of hydrogen-bond donors (Lipinski definition) is 1. The Hall–Kier alpha value is -1.96. The van der Waals surface area contributed by atoms with Gasteiger partial charge in [0.2, 0.25) is 0 Å². The predicted octanol–water partition coefficient (Wildman–Crippen LogP) is 1.18. The molecule has 21 heavy (non-hydrogen) atoms. The minimum Gasteiger partial charge on any atom is -0.478 e. The number of benzene rings is 1. The van der Waals surface area contributed by atoms with Crippen LogP contribution in [-0.4, -0.2) is 57.4 Å². The fourth-order valence-electron chi connectivity index (χ4n) is 1.53. The van der Waals surface area contributed by atoms with Crippen LogP contribution in [0.25, 0.3) is 0 Å². The Morgan fingerprint density at radius 2 is 1.71 bits per heavy atom. The first-order valence-corrected chi connectivity index (χ1v) is 6.23. The lowest BCUT2D eigenvalue weighted by Crippen LogP contribution is -2.22. The first-order chi connectivity index (χ1) is 10.1. The van der Waals surface area contributed by atoms with Crippen molar-refractivity contribution >= 4 is 11.9 Å². The number of ether oxygens (including phenoxy) is 4. The van der Waals surface area contributed by atoms with Crippen molar-refractivity contribution in [3.05, 3.63) is 35.4 Å². The fourth-order valence-corrected chi connectivity index (χ4v) is 1.53. The van der Waals surface area contributed by atoms with E-state index in [-0.39, 0.29) is 30.9 Å². The van der Waals surface area contributed by atoms with Crippen molar-refractivity contribution in [1.29, 1.82) is 0 Å². The number of carbonyl (C=O) groups excluding carboxylic acids is 1. The van der Waals surface area contributed by atoms with E-state index in [0.29, 0.717) is 0 Å². The minimum absolute atomic E-state index is 0.00688. The molecule has 1 aromatic carbocycles. The zero-order valence-corrected chi connectivity index (χ0v) is 11.9. The SMILES string of the molecule is COC(COCCOC(=O)c1ccccc1C(=O)O)OC. The number of carbonyl (C=O) groups is 2. The van der Waals surface area contributed by atoms with E-state index in [0.717, 1.165) is 0 Å². The molecule has 1 N–H and O–H groups in total. The standard InChI is InChI=1S/C14H18O7/c1-18-12(19-2)9-20-7-8-21-14(17)11-6-4-3-5-10(11)13(15)16/h3-6,12H,7-9H2,1-2H3,(H,15,16). The molecule has 0 saturated heterocycles. The van der Waals surface area contributed by atoms with Gasteiger partial charge in [0, 0.05) is 14.2 Å². The second kappa shape index (κ2) is 9.06. The lowest BCUT2D eigenvalue weighted by Gasteiger charge is -2.13. The van der Waals surface area contributed by atoms with E-state index in [9.17, 15) is 9.59 Å². The maximum Gasteiger partial charge on any atom is 0.339 e. The first-order valence-electron chi connectivity index (χ1n) is 6.23. The van der Waals surface area contributed by atoms with Gasteiger partial charge in [0.15, 0.2) is 6.29 Å². The third-order valence-electron chi connectivity index (χ3n) is 2.62. The van der Waals surface area contributed by atoms with Crippen LogP contribution in [0.15, 0.2) is 24.3 Å². The molecule has 0 aromatic heterocycles. The molecule has 0 saturated carbocycles. The van der Waals surface area contributed by atoms with E-state index in [2.05, 4.69) is 0 Å². The highest BCUT2D eigenvalue weighted by Crippen LogP contribution is 2.10. The lowest BCUT2D eigenvalue weighted by atomic mass is 10.1. The summed E-state index contributed by atoms with van der Waals surface area (Å²) < 4.78 is 20.0. The van der Waals surface area contributed by atoms with E-state index < -0.39 is 18.2 Å². The van der Waals surface area contributed by atoms with Gasteiger partial charge in [0.05, 0.1) is 24.3 Å². The van der Waals surface area contributed by atoms with Crippen molar-refractivity contribution in [3.8, 4) is 0 Å². The summed E-state index contributed by atoms with van der Waals surface area (Å²) in [5.74, 6) is -1.88. The molecule has 0 fully saturated rings. The Labute approximate surface area is 122 Å². The molecule has 0 aliphatic carbocycles. The molecule has 0 bridgehead atoms. The number of carboxylic acids is 1. The molecule has 116 valence electrons. The predicted molar refractivity (Wildman–Crippen MR) is 72.3 cm³/mol. The maximum atomic E-state index is 11.8. The third kappa shape index (κ3) is 5.50. The molecule has 0 radical (unpaired) electrons. The average molecular weight is 298 g/mol. The van der Waals surface area contributed by atoms with Crippen molar-refractivity contribution in [1.82, 2.24) is 0 Å². The molecular weight excluding hydrogens is 280 g/mol. The van der Waals surface area contributed by atoms with Gasteiger partial charge in [-0.05, 0) is 12.1 Å². The van der Waals surface area contributed by atoms with Crippen LogP contribution in [0, 0.1) is 0 Å². The van der Waals surface area contributed by atoms with Crippen LogP contribution < -0.4 is 0 Å². The molecule has 0 amide bonds. The van der Waals surface area contributed by atoms with Crippen molar-refractivity contribution < 1.29 is 33.6 Å². The van der Waals surface area contributed by atoms with Crippen LogP contribution >= 0.6 is 0 Å². The molecule has 7 nitrogen and oxygen atoms in total. The molecule has 0 spiro atoms. The van der Waals surface area contributed by atoms with Gasteiger partial charge in [-0.2, -0.15) is 0 Å². The van der Waals surface area contributed by atoms with Crippen LogP contribution in [0.4, 0.5) is 0 Å². The summed E-state index contributed by atoms with van der Waals surface area (Å²) in [7, 11) is 2.97. The van der Waals surface area contributed by atoms with E-state index in [1.165, 1.54) is 26.4 Å². The van der Waals surface area contributed by atoms with Gasteiger partial charge in [-0.3, -0.25) is 0 Å². The topological polar surface area (TPSA) is 91.3 Å². The summed E-state index contributed by atoms with van der Waals surface area (Å²) in [6, 6.07) is 5.86. The van der Waals surface area contributed by atoms with Crippen LogP contribution in [0.2, 0.25) is 0 Å². The Kier molecular flexibility index (Phi) is 7.38. The van der Waals surface area contributed by atoms with E-state index in [1.54, 1.807) is 12.1 Å². The molecule has 0 atom stereocenters. The Morgan fingerprint density at radius 3 is 2.29 bits per heavy atom. The Morgan fingerprint density at radius 1 is 1.10 bits per heavy atom. The number of carboxylic acid groups (broad SMARTS) is 1. The van der Waals surface area contributed by atoms with Crippen LogP contribution in [-0.2, 0) is 18.9 Å². The van der Waals surface area contributed by atoms with Gasteiger partial charge in [0.25, 0.3) is 0 Å². The van der Waals surface area contributed by atoms with Crippen molar-refractivity contribution in [2.24, 2.45) is 0 Å². The molecule has 0 aliphatic heterocycles. The number of rotatable bonds is 9. The normalized spacial score (nSPS) is 10.6. The summed E-state index contributed by atoms with van der Waals surface area (Å²) in [4.78, 5) is 22.8. The summed E-state index contributed by atoms with van der Waals surface area (Å²) in [6.45, 7) is 0.368. The Bertz CT molecular complexity index is 468. The molecule has 1 aromatic rings. The smallest absolute Gasteiger partial charge is 0.339 e. The van der Waals surface area contributed by atoms with Crippen molar-refractivity contribution in [2.75, 3.05) is 34.0 Å². The van der Waals surface area contributed by atoms with Gasteiger partial charge in [-0.1, -0.05) is 12.1 Å². The third-order valence-corrected chi connectivity index (χ3v) is 2.62. The molecule has 0 unspecified atom stereocenters. The van der Waals surface area contributed by atoms with Crippen LogP contribution in [0.5, 0.6) is 0 Å². The van der Waals surface area contributed by atoms with Gasteiger partial charge in [-0.15, -0.1) is 0 Å². The highest BCUT2D eigenvalue weighted by molar-refractivity contribution is 6.02. The number of aromatic carboxylic acids is 1. The lowest BCUT2D eigenvalue weighted by molar-refractivity contribution is -0.142. The minimum atomic E-state index is -1.18. The number of esters is 1. The van der Waals surface area contributed by atoms with E-state index in [4.69, 9.17) is 24.1 Å². The van der Waals surface area contributed by atoms with E-state index >= 15 is 0 Å². The van der Waals surface area contributed by atoms with Gasteiger partial charge < -0.3 is 24.1 Å². The molecule has 1 rings (SSSR count). The molecule has 7 heteroatoms. The van der Waals surface area contributed by atoms with Crippen molar-refractivity contribution in [2.45, 2.75) is 6.29 Å². The summed E-state index contributed by atoms with van der Waals surface area (Å²) in [5, 5.41) is 8.98. The quantitative estimate of drug-likeness (QED) is 0.416.